The maximum absolute atomic E-state index is 12.6. The van der Waals surface area contributed by atoms with Gasteiger partial charge in [0.15, 0.2) is 0 Å². The normalized spacial score (nSPS) is 19.2. The van der Waals surface area contributed by atoms with Gasteiger partial charge in [-0.1, -0.05) is 0 Å². The molecule has 1 aliphatic heterocycles. The van der Waals surface area contributed by atoms with Crippen molar-refractivity contribution in [1.82, 2.24) is 4.72 Å². The first-order chi connectivity index (χ1) is 9.29. The van der Waals surface area contributed by atoms with Crippen LogP contribution >= 0.6 is 0 Å². The van der Waals surface area contributed by atoms with Gasteiger partial charge in [0.05, 0.1) is 6.61 Å². The van der Waals surface area contributed by atoms with Crippen LogP contribution in [-0.4, -0.2) is 32.3 Å². The second kappa shape index (κ2) is 5.48. The Morgan fingerprint density at radius 2 is 1.85 bits per heavy atom. The average Bonchev–Trinajstić information content (AvgIpc) is 2.63. The van der Waals surface area contributed by atoms with Crippen molar-refractivity contribution in [2.24, 2.45) is 0 Å². The van der Waals surface area contributed by atoms with E-state index < -0.39 is 15.6 Å². The Bertz CT molecular complexity index is 584. The lowest BCUT2D eigenvalue weighted by atomic mass is 9.94. The third-order valence-corrected chi connectivity index (χ3v) is 5.56. The molecule has 2 heterocycles. The van der Waals surface area contributed by atoms with E-state index in [0.29, 0.717) is 43.1 Å². The lowest BCUT2D eigenvalue weighted by molar-refractivity contribution is 0.0537. The van der Waals surface area contributed by atoms with E-state index in [1.54, 1.807) is 13.8 Å². The molecule has 114 valence electrons. The van der Waals surface area contributed by atoms with Crippen LogP contribution in [0.4, 0.5) is 0 Å². The molecule has 0 aromatic carbocycles. The Balaban J connectivity index is 2.36. The minimum atomic E-state index is -3.73. The first-order valence-electron chi connectivity index (χ1n) is 6.60. The molecular formula is C13H21NO5S. The van der Waals surface area contributed by atoms with E-state index in [1.165, 1.54) is 0 Å². The Morgan fingerprint density at radius 3 is 2.40 bits per heavy atom. The second-order valence-corrected chi connectivity index (χ2v) is 7.08. The van der Waals surface area contributed by atoms with E-state index in [2.05, 4.69) is 4.72 Å². The van der Waals surface area contributed by atoms with E-state index in [0.717, 1.165) is 0 Å². The number of aliphatic hydroxyl groups is 1. The van der Waals surface area contributed by atoms with Gasteiger partial charge in [0, 0.05) is 24.3 Å². The van der Waals surface area contributed by atoms with Crippen LogP contribution in [0.5, 0.6) is 0 Å². The van der Waals surface area contributed by atoms with Crippen LogP contribution in [0.1, 0.15) is 36.8 Å². The fourth-order valence-corrected chi connectivity index (χ4v) is 4.45. The summed E-state index contributed by atoms with van der Waals surface area (Å²) in [6, 6.07) is 0. The highest BCUT2D eigenvalue weighted by Crippen LogP contribution is 2.29. The van der Waals surface area contributed by atoms with Gasteiger partial charge in [-0.25, -0.2) is 13.1 Å². The summed E-state index contributed by atoms with van der Waals surface area (Å²) in [6.07, 6.45) is 1.24. The molecule has 1 saturated heterocycles. The Kier molecular flexibility index (Phi) is 4.24. The number of furan rings is 1. The van der Waals surface area contributed by atoms with Crippen molar-refractivity contribution in [3.05, 3.63) is 17.1 Å². The van der Waals surface area contributed by atoms with Gasteiger partial charge < -0.3 is 14.3 Å². The van der Waals surface area contributed by atoms with Gasteiger partial charge in [0.2, 0.25) is 10.0 Å². The monoisotopic (exact) mass is 303 g/mol. The number of aliphatic hydroxyl groups excluding tert-OH is 1. The van der Waals surface area contributed by atoms with Crippen LogP contribution in [-0.2, 0) is 21.4 Å². The zero-order valence-corrected chi connectivity index (χ0v) is 12.8. The van der Waals surface area contributed by atoms with Crippen LogP contribution in [0.3, 0.4) is 0 Å². The number of hydrogen-bond donors (Lipinski definition) is 2. The summed E-state index contributed by atoms with van der Waals surface area (Å²) in [6.45, 7) is 5.82. The molecular weight excluding hydrogens is 282 g/mol. The summed E-state index contributed by atoms with van der Waals surface area (Å²) >= 11 is 0. The maximum atomic E-state index is 12.6. The van der Waals surface area contributed by atoms with E-state index in [9.17, 15) is 13.5 Å². The van der Waals surface area contributed by atoms with E-state index >= 15 is 0 Å². The first kappa shape index (κ1) is 15.5. The summed E-state index contributed by atoms with van der Waals surface area (Å²) in [5, 5.41) is 9.37. The van der Waals surface area contributed by atoms with Crippen molar-refractivity contribution in [3.63, 3.8) is 0 Å². The highest BCUT2D eigenvalue weighted by molar-refractivity contribution is 7.89. The first-order valence-corrected chi connectivity index (χ1v) is 8.09. The van der Waals surface area contributed by atoms with Crippen LogP contribution in [0.25, 0.3) is 0 Å². The zero-order chi connectivity index (χ0) is 15.0. The standard InChI is InChI=1S/C13H21NO5S/c1-9-11(8-15)12(10(2)19-9)20(16,17)14-13(3)4-6-18-7-5-13/h14-15H,4-8H2,1-3H3. The number of aryl methyl sites for hydroxylation is 2. The molecule has 7 heteroatoms. The molecule has 1 fully saturated rings. The van der Waals surface area contributed by atoms with Crippen LogP contribution in [0.2, 0.25) is 0 Å². The third kappa shape index (κ3) is 2.90. The average molecular weight is 303 g/mol. The van der Waals surface area contributed by atoms with E-state index in [4.69, 9.17) is 9.15 Å². The maximum Gasteiger partial charge on any atom is 0.244 e. The predicted octanol–water partition coefficient (Wildman–Crippen LogP) is 1.24. The lowest BCUT2D eigenvalue weighted by Crippen LogP contribution is -2.49. The SMILES string of the molecule is Cc1oc(C)c(S(=O)(=O)NC2(C)CCOCC2)c1CO. The molecule has 0 radical (unpaired) electrons. The summed E-state index contributed by atoms with van der Waals surface area (Å²) in [5.41, 5.74) is -0.202. The van der Waals surface area contributed by atoms with Crippen molar-refractivity contribution in [1.29, 1.82) is 0 Å². The topological polar surface area (TPSA) is 88.8 Å². The minimum Gasteiger partial charge on any atom is -0.465 e. The summed E-state index contributed by atoms with van der Waals surface area (Å²) in [4.78, 5) is 0.0604. The lowest BCUT2D eigenvalue weighted by Gasteiger charge is -2.34. The fraction of sp³-hybridized carbons (Fsp3) is 0.692. The highest BCUT2D eigenvalue weighted by atomic mass is 32.2. The second-order valence-electron chi connectivity index (χ2n) is 5.46. The number of ether oxygens (including phenoxy) is 1. The molecule has 2 N–H and O–H groups in total. The molecule has 0 saturated carbocycles. The van der Waals surface area contributed by atoms with Gasteiger partial charge in [0.1, 0.15) is 16.4 Å². The molecule has 2 rings (SSSR count). The number of hydrogen-bond acceptors (Lipinski definition) is 5. The van der Waals surface area contributed by atoms with Crippen molar-refractivity contribution in [3.8, 4) is 0 Å². The number of rotatable bonds is 4. The molecule has 20 heavy (non-hydrogen) atoms. The largest absolute Gasteiger partial charge is 0.465 e. The smallest absolute Gasteiger partial charge is 0.244 e. The van der Waals surface area contributed by atoms with Gasteiger partial charge in [-0.2, -0.15) is 0 Å². The quantitative estimate of drug-likeness (QED) is 0.873. The molecule has 0 bridgehead atoms. The van der Waals surface area contributed by atoms with Gasteiger partial charge in [-0.05, 0) is 33.6 Å². The molecule has 1 aromatic heterocycles. The predicted molar refractivity (Wildman–Crippen MR) is 72.9 cm³/mol. The molecule has 0 aliphatic carbocycles. The van der Waals surface area contributed by atoms with Gasteiger partial charge >= 0.3 is 0 Å². The fourth-order valence-electron chi connectivity index (χ4n) is 2.54. The molecule has 0 atom stereocenters. The summed E-state index contributed by atoms with van der Waals surface area (Å²) < 4.78 is 38.5. The molecule has 0 amide bonds. The van der Waals surface area contributed by atoms with Crippen molar-refractivity contribution < 1.29 is 22.7 Å². The third-order valence-electron chi connectivity index (χ3n) is 3.73. The van der Waals surface area contributed by atoms with Crippen molar-refractivity contribution in [2.75, 3.05) is 13.2 Å². The molecule has 0 spiro atoms. The Labute approximate surface area is 119 Å². The van der Waals surface area contributed by atoms with Crippen LogP contribution in [0.15, 0.2) is 9.31 Å². The summed E-state index contributed by atoms with van der Waals surface area (Å²) in [7, 11) is -3.73. The van der Waals surface area contributed by atoms with Crippen LogP contribution < -0.4 is 4.72 Å². The molecule has 1 aromatic rings. The Morgan fingerprint density at radius 1 is 1.25 bits per heavy atom. The zero-order valence-electron chi connectivity index (χ0n) is 12.0. The van der Waals surface area contributed by atoms with Gasteiger partial charge in [-0.15, -0.1) is 0 Å². The number of sulfonamides is 1. The number of nitrogens with one attached hydrogen (secondary N) is 1. The molecule has 0 unspecified atom stereocenters. The molecule has 1 aliphatic rings. The van der Waals surface area contributed by atoms with Crippen molar-refractivity contribution >= 4 is 10.0 Å². The van der Waals surface area contributed by atoms with Gasteiger partial charge in [0.25, 0.3) is 0 Å². The van der Waals surface area contributed by atoms with Gasteiger partial charge in [-0.3, -0.25) is 0 Å². The van der Waals surface area contributed by atoms with E-state index in [1.807, 2.05) is 6.92 Å². The van der Waals surface area contributed by atoms with Crippen LogP contribution in [0, 0.1) is 13.8 Å². The summed E-state index contributed by atoms with van der Waals surface area (Å²) in [5.74, 6) is 0.734. The Hall–Kier alpha value is -0.890. The van der Waals surface area contributed by atoms with Crippen molar-refractivity contribution in [2.45, 2.75) is 50.7 Å². The molecule has 6 nitrogen and oxygen atoms in total. The minimum absolute atomic E-state index is 0.0604. The van der Waals surface area contributed by atoms with E-state index in [-0.39, 0.29) is 11.5 Å². The highest BCUT2D eigenvalue weighted by Gasteiger charge is 2.35.